The number of ether oxygens (including phenoxy) is 1. The van der Waals surface area contributed by atoms with Crippen molar-refractivity contribution in [3.63, 3.8) is 0 Å². The van der Waals surface area contributed by atoms with E-state index in [1.165, 1.54) is 4.31 Å². The maximum atomic E-state index is 12.7. The Morgan fingerprint density at radius 1 is 0.923 bits per heavy atom. The zero-order valence-electron chi connectivity index (χ0n) is 14.1. The summed E-state index contributed by atoms with van der Waals surface area (Å²) < 4.78 is 32.6. The van der Waals surface area contributed by atoms with Crippen molar-refractivity contribution in [3.05, 3.63) is 48.5 Å². The number of piperazine rings is 1. The highest BCUT2D eigenvalue weighted by molar-refractivity contribution is 7.89. The van der Waals surface area contributed by atoms with Crippen LogP contribution in [0.3, 0.4) is 0 Å². The lowest BCUT2D eigenvalue weighted by molar-refractivity contribution is -0.118. The molecule has 0 radical (unpaired) electrons. The van der Waals surface area contributed by atoms with Crippen LogP contribution >= 0.6 is 0 Å². The lowest BCUT2D eigenvalue weighted by atomic mass is 10.2. The van der Waals surface area contributed by atoms with Crippen molar-refractivity contribution in [2.45, 2.75) is 4.90 Å². The van der Waals surface area contributed by atoms with Gasteiger partial charge in [0, 0.05) is 26.2 Å². The molecule has 0 atom stereocenters. The fourth-order valence-electron chi connectivity index (χ4n) is 3.26. The summed E-state index contributed by atoms with van der Waals surface area (Å²) in [4.78, 5) is 13.9. The highest BCUT2D eigenvalue weighted by Gasteiger charge is 2.30. The largest absolute Gasteiger partial charge is 0.479 e. The van der Waals surface area contributed by atoms with Gasteiger partial charge in [0.2, 0.25) is 10.0 Å². The van der Waals surface area contributed by atoms with E-state index in [1.54, 1.807) is 36.4 Å². The molecule has 0 saturated carbocycles. The number of carbonyl (C=O) groups is 1. The average Bonchev–Trinajstić information content (AvgIpc) is 2.68. The van der Waals surface area contributed by atoms with Crippen LogP contribution in [0.4, 0.5) is 11.4 Å². The van der Waals surface area contributed by atoms with Gasteiger partial charge in [0.15, 0.2) is 12.4 Å². The van der Waals surface area contributed by atoms with Gasteiger partial charge in [-0.1, -0.05) is 24.3 Å². The van der Waals surface area contributed by atoms with Crippen molar-refractivity contribution in [2.24, 2.45) is 0 Å². The van der Waals surface area contributed by atoms with Crippen LogP contribution in [0, 0.1) is 0 Å². The number of anilines is 2. The molecule has 2 aliphatic rings. The third kappa shape index (κ3) is 3.02. The first-order valence-electron chi connectivity index (χ1n) is 8.41. The van der Waals surface area contributed by atoms with E-state index in [-0.39, 0.29) is 12.5 Å². The minimum atomic E-state index is -3.47. The molecule has 2 heterocycles. The summed E-state index contributed by atoms with van der Waals surface area (Å²) in [7, 11) is -3.47. The average molecular weight is 373 g/mol. The predicted octanol–water partition coefficient (Wildman–Crippen LogP) is 1.53. The molecule has 4 rings (SSSR count). The number of para-hydroxylation sites is 1. The number of hydrogen-bond donors (Lipinski definition) is 1. The number of sulfonamides is 1. The zero-order chi connectivity index (χ0) is 18.1. The van der Waals surface area contributed by atoms with Gasteiger partial charge in [-0.05, 0) is 24.3 Å². The van der Waals surface area contributed by atoms with E-state index in [0.717, 1.165) is 5.69 Å². The number of rotatable bonds is 3. The summed E-state index contributed by atoms with van der Waals surface area (Å²) in [6.07, 6.45) is 0. The Labute approximate surface area is 152 Å². The van der Waals surface area contributed by atoms with E-state index < -0.39 is 10.0 Å². The topological polar surface area (TPSA) is 79.0 Å². The fraction of sp³-hybridized carbons (Fsp3) is 0.278. The summed E-state index contributed by atoms with van der Waals surface area (Å²) >= 11 is 0. The number of fused-ring (bicyclic) bond motifs is 1. The molecular formula is C18H19N3O4S. The Kier molecular flexibility index (Phi) is 4.29. The molecule has 0 bridgehead atoms. The summed E-state index contributed by atoms with van der Waals surface area (Å²) in [5.41, 5.74) is 1.53. The number of nitrogens with zero attached hydrogens (tertiary/aromatic N) is 2. The van der Waals surface area contributed by atoms with Crippen molar-refractivity contribution in [1.82, 2.24) is 4.31 Å². The number of carbonyl (C=O) groups excluding carboxylic acids is 1. The molecule has 136 valence electrons. The van der Waals surface area contributed by atoms with E-state index >= 15 is 0 Å². The van der Waals surface area contributed by atoms with Gasteiger partial charge in [0.25, 0.3) is 5.91 Å². The summed E-state index contributed by atoms with van der Waals surface area (Å²) in [5.74, 6) is 0.472. The van der Waals surface area contributed by atoms with Gasteiger partial charge in [-0.2, -0.15) is 4.31 Å². The maximum absolute atomic E-state index is 12.7. The molecule has 0 spiro atoms. The van der Waals surface area contributed by atoms with Crippen molar-refractivity contribution in [1.29, 1.82) is 0 Å². The summed E-state index contributed by atoms with van der Waals surface area (Å²) in [6, 6.07) is 14.1. The fourth-order valence-corrected chi connectivity index (χ4v) is 4.70. The third-order valence-corrected chi connectivity index (χ3v) is 6.49. The monoisotopic (exact) mass is 373 g/mol. The van der Waals surface area contributed by atoms with Crippen LogP contribution in [0.1, 0.15) is 0 Å². The second-order valence-corrected chi connectivity index (χ2v) is 8.13. The molecule has 1 amide bonds. The highest BCUT2D eigenvalue weighted by atomic mass is 32.2. The van der Waals surface area contributed by atoms with Crippen molar-refractivity contribution in [2.75, 3.05) is 43.0 Å². The predicted molar refractivity (Wildman–Crippen MR) is 98.0 cm³/mol. The molecule has 0 aliphatic carbocycles. The van der Waals surface area contributed by atoms with Crippen LogP contribution in [0.5, 0.6) is 5.75 Å². The summed E-state index contributed by atoms with van der Waals surface area (Å²) in [5, 5.41) is 2.80. The van der Waals surface area contributed by atoms with E-state index in [1.807, 2.05) is 12.1 Å². The Morgan fingerprint density at radius 3 is 2.38 bits per heavy atom. The Morgan fingerprint density at radius 2 is 1.65 bits per heavy atom. The molecule has 26 heavy (non-hydrogen) atoms. The van der Waals surface area contributed by atoms with Crippen molar-refractivity contribution >= 4 is 27.3 Å². The zero-order valence-corrected chi connectivity index (χ0v) is 14.9. The molecule has 1 N–H and O–H groups in total. The number of amides is 1. The first kappa shape index (κ1) is 16.9. The number of benzene rings is 2. The molecule has 1 saturated heterocycles. The molecule has 0 unspecified atom stereocenters. The lowest BCUT2D eigenvalue weighted by Crippen LogP contribution is -2.48. The summed E-state index contributed by atoms with van der Waals surface area (Å²) in [6.45, 7) is 1.90. The molecular weight excluding hydrogens is 354 g/mol. The number of nitrogens with one attached hydrogen (secondary N) is 1. The van der Waals surface area contributed by atoms with Gasteiger partial charge in [0.05, 0.1) is 16.3 Å². The van der Waals surface area contributed by atoms with Gasteiger partial charge in [-0.3, -0.25) is 4.79 Å². The molecule has 8 heteroatoms. The van der Waals surface area contributed by atoms with Crippen LogP contribution < -0.4 is 15.0 Å². The maximum Gasteiger partial charge on any atom is 0.262 e. The van der Waals surface area contributed by atoms with Gasteiger partial charge in [0.1, 0.15) is 0 Å². The Balaban J connectivity index is 1.51. The molecule has 2 aromatic carbocycles. The van der Waals surface area contributed by atoms with Crippen molar-refractivity contribution < 1.29 is 17.9 Å². The van der Waals surface area contributed by atoms with Crippen LogP contribution in [0.15, 0.2) is 53.4 Å². The number of hydrogen-bond acceptors (Lipinski definition) is 5. The smallest absolute Gasteiger partial charge is 0.262 e. The first-order valence-corrected chi connectivity index (χ1v) is 9.85. The van der Waals surface area contributed by atoms with E-state index in [9.17, 15) is 13.2 Å². The molecule has 1 fully saturated rings. The van der Waals surface area contributed by atoms with Crippen molar-refractivity contribution in [3.8, 4) is 5.75 Å². The molecule has 2 aromatic rings. The van der Waals surface area contributed by atoms with Gasteiger partial charge < -0.3 is 15.0 Å². The second-order valence-electron chi connectivity index (χ2n) is 6.19. The van der Waals surface area contributed by atoms with Gasteiger partial charge >= 0.3 is 0 Å². The van der Waals surface area contributed by atoms with E-state index in [2.05, 4.69) is 10.2 Å². The molecule has 7 nitrogen and oxygen atoms in total. The van der Waals surface area contributed by atoms with E-state index in [0.29, 0.717) is 42.5 Å². The van der Waals surface area contributed by atoms with Crippen LogP contribution in [-0.2, 0) is 14.8 Å². The lowest BCUT2D eigenvalue weighted by Gasteiger charge is -2.36. The normalized spacial score (nSPS) is 18.0. The van der Waals surface area contributed by atoms with Crippen LogP contribution in [-0.4, -0.2) is 51.4 Å². The van der Waals surface area contributed by atoms with E-state index in [4.69, 9.17) is 4.74 Å². The highest BCUT2D eigenvalue weighted by Crippen LogP contribution is 2.38. The second kappa shape index (κ2) is 6.62. The quantitative estimate of drug-likeness (QED) is 0.883. The SMILES string of the molecule is O=C1COc2c(cccc2N2CCN(S(=O)(=O)c3ccccc3)CC2)N1. The van der Waals surface area contributed by atoms with Crippen LogP contribution in [0.25, 0.3) is 0 Å². The first-order chi connectivity index (χ1) is 12.6. The standard InChI is InChI=1S/C18H19N3O4S/c22-17-13-25-18-15(19-17)7-4-8-16(18)20-9-11-21(12-10-20)26(23,24)14-5-2-1-3-6-14/h1-8H,9-13H2,(H,19,22). The molecule has 2 aliphatic heterocycles. The Bertz CT molecular complexity index is 923. The Hall–Kier alpha value is -2.58. The third-order valence-electron chi connectivity index (χ3n) is 4.58. The minimum absolute atomic E-state index is 0.00757. The molecule has 0 aromatic heterocycles. The minimum Gasteiger partial charge on any atom is -0.479 e. The van der Waals surface area contributed by atoms with Gasteiger partial charge in [-0.25, -0.2) is 8.42 Å². The van der Waals surface area contributed by atoms with Gasteiger partial charge in [-0.15, -0.1) is 0 Å². The van der Waals surface area contributed by atoms with Crippen LogP contribution in [0.2, 0.25) is 0 Å².